The maximum absolute atomic E-state index is 13.0. The lowest BCUT2D eigenvalue weighted by molar-refractivity contribution is 0.199. The summed E-state index contributed by atoms with van der Waals surface area (Å²) in [6, 6.07) is 4.44. The molecule has 0 aliphatic heterocycles. The first kappa shape index (κ1) is 11.5. The third-order valence-corrected chi connectivity index (χ3v) is 3.40. The van der Waals surface area contributed by atoms with Crippen molar-refractivity contribution in [1.29, 1.82) is 0 Å². The van der Waals surface area contributed by atoms with Crippen molar-refractivity contribution in [3.8, 4) is 11.3 Å². The molecule has 5 heteroatoms. The van der Waals surface area contributed by atoms with Crippen LogP contribution in [0.2, 0.25) is 5.02 Å². The van der Waals surface area contributed by atoms with Crippen LogP contribution in [0.25, 0.3) is 11.3 Å². The monoisotopic (exact) mass is 257 g/mol. The molecule has 2 nitrogen and oxygen atoms in total. The Morgan fingerprint density at radius 2 is 2.25 bits per heavy atom. The molecule has 1 aromatic heterocycles. The Kier molecular flexibility index (Phi) is 3.23. The fraction of sp³-hybridized carbons (Fsp3) is 0.182. The lowest BCUT2D eigenvalue weighted by Crippen LogP contribution is -1.89. The van der Waals surface area contributed by atoms with Crippen LogP contribution in [0.5, 0.6) is 0 Å². The Balaban J connectivity index is 2.39. The summed E-state index contributed by atoms with van der Waals surface area (Å²) in [7, 11) is 0. The molecule has 0 bridgehead atoms. The van der Waals surface area contributed by atoms with Gasteiger partial charge in [-0.25, -0.2) is 9.37 Å². The van der Waals surface area contributed by atoms with E-state index in [1.165, 1.54) is 23.5 Å². The summed E-state index contributed by atoms with van der Waals surface area (Å²) in [5.74, 6) is -0.448. The molecular weight excluding hydrogens is 249 g/mol. The topological polar surface area (TPSA) is 33.1 Å². The van der Waals surface area contributed by atoms with Crippen LogP contribution in [0.1, 0.15) is 18.0 Å². The molecule has 84 valence electrons. The van der Waals surface area contributed by atoms with Gasteiger partial charge in [-0.15, -0.1) is 11.3 Å². The molecule has 16 heavy (non-hydrogen) atoms. The van der Waals surface area contributed by atoms with Crippen LogP contribution in [-0.4, -0.2) is 10.1 Å². The first-order valence-electron chi connectivity index (χ1n) is 4.67. The zero-order chi connectivity index (χ0) is 11.7. The number of aromatic nitrogens is 1. The van der Waals surface area contributed by atoms with E-state index in [1.54, 1.807) is 13.0 Å². The molecule has 1 heterocycles. The highest BCUT2D eigenvalue weighted by atomic mass is 35.5. The summed E-state index contributed by atoms with van der Waals surface area (Å²) in [6.45, 7) is 1.65. The van der Waals surface area contributed by atoms with Crippen LogP contribution in [0, 0.1) is 5.82 Å². The van der Waals surface area contributed by atoms with E-state index in [0.717, 1.165) is 5.56 Å². The number of aliphatic hydroxyl groups is 1. The van der Waals surface area contributed by atoms with E-state index in [-0.39, 0.29) is 5.02 Å². The van der Waals surface area contributed by atoms with Crippen LogP contribution in [0.4, 0.5) is 4.39 Å². The largest absolute Gasteiger partial charge is 0.386 e. The van der Waals surface area contributed by atoms with Gasteiger partial charge in [0.1, 0.15) is 16.9 Å². The van der Waals surface area contributed by atoms with E-state index in [1.807, 2.05) is 5.38 Å². The van der Waals surface area contributed by atoms with Gasteiger partial charge >= 0.3 is 0 Å². The van der Waals surface area contributed by atoms with Crippen molar-refractivity contribution < 1.29 is 9.50 Å². The quantitative estimate of drug-likeness (QED) is 0.891. The minimum Gasteiger partial charge on any atom is -0.386 e. The summed E-state index contributed by atoms with van der Waals surface area (Å²) < 4.78 is 13.0. The Morgan fingerprint density at radius 1 is 1.50 bits per heavy atom. The second kappa shape index (κ2) is 4.49. The predicted octanol–water partition coefficient (Wildman–Crippen LogP) is 3.66. The van der Waals surface area contributed by atoms with Gasteiger partial charge in [0.25, 0.3) is 0 Å². The molecule has 0 saturated heterocycles. The van der Waals surface area contributed by atoms with Crippen LogP contribution in [0.3, 0.4) is 0 Å². The van der Waals surface area contributed by atoms with E-state index in [0.29, 0.717) is 10.7 Å². The van der Waals surface area contributed by atoms with E-state index >= 15 is 0 Å². The summed E-state index contributed by atoms with van der Waals surface area (Å²) in [4.78, 5) is 4.24. The molecule has 0 saturated carbocycles. The smallest absolute Gasteiger partial charge is 0.141 e. The molecule has 0 amide bonds. The van der Waals surface area contributed by atoms with Gasteiger partial charge in [0.05, 0.1) is 10.7 Å². The van der Waals surface area contributed by atoms with Crippen molar-refractivity contribution in [1.82, 2.24) is 4.98 Å². The van der Waals surface area contributed by atoms with Gasteiger partial charge in [0, 0.05) is 10.9 Å². The molecule has 0 aliphatic carbocycles. The number of nitrogens with zero attached hydrogens (tertiary/aromatic N) is 1. The van der Waals surface area contributed by atoms with E-state index in [4.69, 9.17) is 11.6 Å². The van der Waals surface area contributed by atoms with Crippen molar-refractivity contribution in [2.45, 2.75) is 13.0 Å². The maximum Gasteiger partial charge on any atom is 0.141 e. The molecule has 1 unspecified atom stereocenters. The zero-order valence-corrected chi connectivity index (χ0v) is 10.0. The number of benzene rings is 1. The highest BCUT2D eigenvalue weighted by Gasteiger charge is 2.09. The van der Waals surface area contributed by atoms with Gasteiger partial charge in [-0.3, -0.25) is 0 Å². The second-order valence-corrected chi connectivity index (χ2v) is 4.67. The number of aliphatic hydroxyl groups excluding tert-OH is 1. The van der Waals surface area contributed by atoms with Crippen molar-refractivity contribution in [2.24, 2.45) is 0 Å². The van der Waals surface area contributed by atoms with Gasteiger partial charge in [-0.1, -0.05) is 11.6 Å². The third kappa shape index (κ3) is 2.24. The van der Waals surface area contributed by atoms with Crippen molar-refractivity contribution in [2.75, 3.05) is 0 Å². The van der Waals surface area contributed by atoms with Crippen LogP contribution >= 0.6 is 22.9 Å². The fourth-order valence-corrected chi connectivity index (χ4v) is 2.22. The molecule has 2 rings (SSSR count). The van der Waals surface area contributed by atoms with Crippen molar-refractivity contribution in [3.63, 3.8) is 0 Å². The molecular formula is C11H9ClFNOS. The lowest BCUT2D eigenvalue weighted by Gasteiger charge is -1.99. The van der Waals surface area contributed by atoms with Gasteiger partial charge in [0.15, 0.2) is 0 Å². The summed E-state index contributed by atoms with van der Waals surface area (Å²) >= 11 is 7.05. The molecule has 1 N–H and O–H groups in total. The fourth-order valence-electron chi connectivity index (χ4n) is 1.27. The summed E-state index contributed by atoms with van der Waals surface area (Å²) in [5, 5.41) is 11.9. The van der Waals surface area contributed by atoms with Gasteiger partial charge in [-0.05, 0) is 25.1 Å². The zero-order valence-electron chi connectivity index (χ0n) is 8.45. The number of hydrogen-bond acceptors (Lipinski definition) is 3. The van der Waals surface area contributed by atoms with Gasteiger partial charge in [0.2, 0.25) is 0 Å². The van der Waals surface area contributed by atoms with Crippen LogP contribution in [0.15, 0.2) is 23.6 Å². The molecule has 1 atom stereocenters. The average Bonchev–Trinajstić information content (AvgIpc) is 2.71. The minimum absolute atomic E-state index is 0.0732. The summed E-state index contributed by atoms with van der Waals surface area (Å²) in [5.41, 5.74) is 1.44. The third-order valence-electron chi connectivity index (χ3n) is 2.09. The van der Waals surface area contributed by atoms with Crippen LogP contribution < -0.4 is 0 Å². The Bertz CT molecular complexity index is 512. The molecule has 2 aromatic rings. The molecule has 1 aromatic carbocycles. The highest BCUT2D eigenvalue weighted by molar-refractivity contribution is 7.10. The Labute approximate surface area is 101 Å². The van der Waals surface area contributed by atoms with Crippen LogP contribution in [-0.2, 0) is 0 Å². The minimum atomic E-state index is -0.588. The normalized spacial score (nSPS) is 12.8. The lowest BCUT2D eigenvalue weighted by atomic mass is 10.2. The number of halogens is 2. The first-order valence-corrected chi connectivity index (χ1v) is 5.92. The highest BCUT2D eigenvalue weighted by Crippen LogP contribution is 2.28. The molecule has 0 spiro atoms. The molecule has 0 radical (unpaired) electrons. The SMILES string of the molecule is CC(O)c1nc(-c2ccc(F)c(Cl)c2)cs1. The summed E-state index contributed by atoms with van der Waals surface area (Å²) in [6.07, 6.45) is -0.588. The Hall–Kier alpha value is -0.970. The van der Waals surface area contributed by atoms with E-state index in [2.05, 4.69) is 4.98 Å². The van der Waals surface area contributed by atoms with Crippen molar-refractivity contribution >= 4 is 22.9 Å². The number of rotatable bonds is 2. The maximum atomic E-state index is 13.0. The van der Waals surface area contributed by atoms with Gasteiger partial charge in [-0.2, -0.15) is 0 Å². The molecule has 0 fully saturated rings. The van der Waals surface area contributed by atoms with E-state index in [9.17, 15) is 9.50 Å². The standard InChI is InChI=1S/C11H9ClFNOS/c1-6(15)11-14-10(5-16-11)7-2-3-9(13)8(12)4-7/h2-6,15H,1H3. The van der Waals surface area contributed by atoms with E-state index < -0.39 is 11.9 Å². The predicted molar refractivity (Wildman–Crippen MR) is 63.2 cm³/mol. The number of thiazole rings is 1. The van der Waals surface area contributed by atoms with Gasteiger partial charge < -0.3 is 5.11 Å². The Morgan fingerprint density at radius 3 is 2.81 bits per heavy atom. The average molecular weight is 258 g/mol. The molecule has 0 aliphatic rings. The second-order valence-electron chi connectivity index (χ2n) is 3.38. The van der Waals surface area contributed by atoms with Crippen molar-refractivity contribution in [3.05, 3.63) is 39.4 Å². The first-order chi connectivity index (χ1) is 7.58. The number of hydrogen-bond donors (Lipinski definition) is 1.